The summed E-state index contributed by atoms with van der Waals surface area (Å²) in [4.78, 5) is 0. The Morgan fingerprint density at radius 1 is 1.17 bits per heavy atom. The Balaban J connectivity index is 0. The van der Waals surface area contributed by atoms with Crippen LogP contribution in [0.5, 0.6) is 0 Å². The predicted molar refractivity (Wildman–Crippen MR) is 2.06 cm³/mol. The van der Waals surface area contributed by atoms with Gasteiger partial charge in [0.2, 0.25) is 0 Å². The standard InChI is InChI=1S/K.4O.Ru/q+1;;;;-1;. The van der Waals surface area contributed by atoms with Crippen LogP contribution in [0.4, 0.5) is 0 Å². The summed E-state index contributed by atoms with van der Waals surface area (Å²) in [7, 11) is 0. The van der Waals surface area contributed by atoms with Crippen LogP contribution in [-0.2, 0) is 25.7 Å². The van der Waals surface area contributed by atoms with Crippen molar-refractivity contribution in [3.63, 3.8) is 0 Å². The van der Waals surface area contributed by atoms with Crippen molar-refractivity contribution in [2.45, 2.75) is 0 Å². The molecule has 6 heavy (non-hydrogen) atoms. The Labute approximate surface area is 79.4 Å². The summed E-state index contributed by atoms with van der Waals surface area (Å²) in [5.41, 5.74) is 0. The van der Waals surface area contributed by atoms with Crippen LogP contribution in [-0.4, -0.2) is 0 Å². The van der Waals surface area contributed by atoms with Crippen molar-refractivity contribution in [3.8, 4) is 0 Å². The van der Waals surface area contributed by atoms with Crippen LogP contribution in [0.15, 0.2) is 0 Å². The van der Waals surface area contributed by atoms with Gasteiger partial charge in [-0.05, 0) is 0 Å². The number of hydrogen-bond acceptors (Lipinski definition) is 4. The van der Waals surface area contributed by atoms with Gasteiger partial charge in [-0.3, -0.25) is 0 Å². The molecule has 0 heterocycles. The van der Waals surface area contributed by atoms with Gasteiger partial charge in [0.05, 0.1) is 0 Å². The Morgan fingerprint density at radius 3 is 1.17 bits per heavy atom. The van der Waals surface area contributed by atoms with Crippen molar-refractivity contribution in [2.24, 2.45) is 0 Å². The fourth-order valence-corrected chi connectivity index (χ4v) is 0. The molecule has 0 rings (SSSR count). The molecule has 0 unspecified atom stereocenters. The average Bonchev–Trinajstić information content (AvgIpc) is 0.722. The summed E-state index contributed by atoms with van der Waals surface area (Å²) in [5, 5.41) is 0. The molecule has 0 bridgehead atoms. The second-order valence-corrected chi connectivity index (χ2v) is 2.09. The van der Waals surface area contributed by atoms with Crippen LogP contribution in [0, 0.1) is 0 Å². The van der Waals surface area contributed by atoms with E-state index in [1.54, 1.807) is 0 Å². The van der Waals surface area contributed by atoms with E-state index in [0.717, 1.165) is 0 Å². The molecule has 0 fully saturated rings. The monoisotopic (exact) mass is 205 g/mol. The van der Waals surface area contributed by atoms with Crippen LogP contribution >= 0.6 is 0 Å². The van der Waals surface area contributed by atoms with Crippen LogP contribution in [0.1, 0.15) is 0 Å². The molecular formula is KO4Ru. The van der Waals surface area contributed by atoms with Gasteiger partial charge in [-0.2, -0.15) is 0 Å². The molecule has 0 aromatic heterocycles. The zero-order valence-corrected chi connectivity index (χ0v) is 7.85. The molecule has 4 nitrogen and oxygen atoms in total. The third-order valence-electron chi connectivity index (χ3n) is 0. The Bertz CT molecular complexity index is 129. The maximum atomic E-state index is 8.61. The normalized spacial score (nSPS) is 9.50. The zero-order chi connectivity index (χ0) is 4.50. The van der Waals surface area contributed by atoms with Gasteiger partial charge in [-0.1, -0.05) is 0 Å². The molecule has 33 valence electrons. The summed E-state index contributed by atoms with van der Waals surface area (Å²) in [6, 6.07) is 0. The molecule has 0 aromatic carbocycles. The van der Waals surface area contributed by atoms with E-state index >= 15 is 0 Å². The number of rotatable bonds is 0. The predicted octanol–water partition coefficient (Wildman–Crippen LogP) is -4.54. The van der Waals surface area contributed by atoms with E-state index in [1.807, 2.05) is 0 Å². The summed E-state index contributed by atoms with van der Waals surface area (Å²) in [6.07, 6.45) is 0. The van der Waals surface area contributed by atoms with Gasteiger partial charge in [0.25, 0.3) is 0 Å². The van der Waals surface area contributed by atoms with Crippen molar-refractivity contribution < 1.29 is 81.0 Å². The van der Waals surface area contributed by atoms with Crippen LogP contribution in [0.25, 0.3) is 0 Å². The molecule has 0 aliphatic heterocycles. The van der Waals surface area contributed by atoms with Crippen LogP contribution in [0.3, 0.4) is 0 Å². The quantitative estimate of drug-likeness (QED) is 0.372. The Kier molecular flexibility index (Phi) is 6.34. The van der Waals surface area contributed by atoms with E-state index in [4.69, 9.17) is 14.7 Å². The van der Waals surface area contributed by atoms with E-state index in [0.29, 0.717) is 0 Å². The Hall–Kier alpha value is 1.62. The second-order valence-electron chi connectivity index (χ2n) is 0.354. The van der Waals surface area contributed by atoms with Crippen molar-refractivity contribution in [1.29, 1.82) is 0 Å². The Morgan fingerprint density at radius 2 is 1.17 bits per heavy atom. The molecule has 0 N–H and O–H groups in total. The van der Waals surface area contributed by atoms with Gasteiger partial charge in [-0.15, -0.1) is 0 Å². The molecule has 0 amide bonds. The van der Waals surface area contributed by atoms with Gasteiger partial charge in [0, 0.05) is 0 Å². The first-order valence-corrected chi connectivity index (χ1v) is 3.42. The van der Waals surface area contributed by atoms with Crippen molar-refractivity contribution in [2.75, 3.05) is 0 Å². The van der Waals surface area contributed by atoms with Crippen LogP contribution < -0.4 is 55.3 Å². The minimum atomic E-state index is -5.86. The maximum absolute atomic E-state index is 8.61. The topological polar surface area (TPSA) is 74.3 Å². The fourth-order valence-electron chi connectivity index (χ4n) is 0. The molecule has 0 radical (unpaired) electrons. The molecule has 6 heteroatoms. The third-order valence-corrected chi connectivity index (χ3v) is 0. The van der Waals surface area contributed by atoms with Gasteiger partial charge in [-0.25, -0.2) is 0 Å². The first-order chi connectivity index (χ1) is 2.00. The summed E-state index contributed by atoms with van der Waals surface area (Å²) >= 11 is -5.86. The van der Waals surface area contributed by atoms with Crippen molar-refractivity contribution in [1.82, 2.24) is 0 Å². The number of hydrogen-bond donors (Lipinski definition) is 0. The summed E-state index contributed by atoms with van der Waals surface area (Å²) < 4.78 is 34.4. The van der Waals surface area contributed by atoms with Gasteiger partial charge in [0.15, 0.2) is 0 Å². The summed E-state index contributed by atoms with van der Waals surface area (Å²) in [6.45, 7) is 0. The van der Waals surface area contributed by atoms with E-state index in [-0.39, 0.29) is 51.4 Å². The van der Waals surface area contributed by atoms with Crippen molar-refractivity contribution in [3.05, 3.63) is 0 Å². The van der Waals surface area contributed by atoms with Gasteiger partial charge in [0.1, 0.15) is 0 Å². The molecular weight excluding hydrogens is 204 g/mol. The third kappa shape index (κ3) is 45.7. The second kappa shape index (κ2) is 3.60. The van der Waals surface area contributed by atoms with Crippen LogP contribution in [0.2, 0.25) is 0 Å². The van der Waals surface area contributed by atoms with E-state index in [9.17, 15) is 0 Å². The molecule has 0 saturated carbocycles. The fraction of sp³-hybridized carbons (Fsp3) is 0. The van der Waals surface area contributed by atoms with Gasteiger partial charge >= 0.3 is 81.0 Å². The molecule has 0 aliphatic rings. The average molecular weight is 204 g/mol. The van der Waals surface area contributed by atoms with E-state index in [2.05, 4.69) is 0 Å². The zero-order valence-electron chi connectivity index (χ0n) is 2.99. The SMILES string of the molecule is [K+].[O]=[Ru](=[O])(=[O])[O-]. The van der Waals surface area contributed by atoms with Crippen molar-refractivity contribution >= 4 is 0 Å². The molecule has 0 atom stereocenters. The molecule has 0 aliphatic carbocycles. The first kappa shape index (κ1) is 10.6. The molecule has 0 aromatic rings. The summed E-state index contributed by atoms with van der Waals surface area (Å²) in [5.74, 6) is 0. The minimum absolute atomic E-state index is 0. The molecule has 0 spiro atoms. The first-order valence-electron chi connectivity index (χ1n) is 0.577. The molecule has 0 saturated heterocycles. The van der Waals surface area contributed by atoms with E-state index < -0.39 is 15.0 Å². The van der Waals surface area contributed by atoms with Gasteiger partial charge < -0.3 is 0 Å². The van der Waals surface area contributed by atoms with E-state index in [1.165, 1.54) is 0 Å².